The molecule has 0 heterocycles. The molecule has 0 unspecified atom stereocenters. The van der Waals surface area contributed by atoms with Crippen molar-refractivity contribution in [1.82, 2.24) is 0 Å². The van der Waals surface area contributed by atoms with E-state index in [0.29, 0.717) is 5.75 Å². The fraction of sp³-hybridized carbons (Fsp3) is 0.118. The van der Waals surface area contributed by atoms with Gasteiger partial charge in [0.25, 0.3) is 10.0 Å². The predicted molar refractivity (Wildman–Crippen MR) is 90.7 cm³/mol. The number of anilines is 1. The maximum absolute atomic E-state index is 13.0. The Balaban J connectivity index is 2.39. The third-order valence-electron chi connectivity index (χ3n) is 3.17. The molecule has 0 aromatic heterocycles. The van der Waals surface area contributed by atoms with Crippen molar-refractivity contribution in [3.8, 4) is 5.75 Å². The normalized spacial score (nSPS) is 10.9. The molecule has 0 spiro atoms. The van der Waals surface area contributed by atoms with E-state index < -0.39 is 28.4 Å². The van der Waals surface area contributed by atoms with Gasteiger partial charge in [-0.15, -0.1) is 0 Å². The largest absolute Gasteiger partial charge is 0.490 e. The first-order valence-corrected chi connectivity index (χ1v) is 8.62. The van der Waals surface area contributed by atoms with Gasteiger partial charge in [0.1, 0.15) is 24.7 Å². The van der Waals surface area contributed by atoms with Gasteiger partial charge in [0.15, 0.2) is 0 Å². The fourth-order valence-electron chi connectivity index (χ4n) is 2.04. The molecule has 0 radical (unpaired) electrons. The number of rotatable bonds is 8. The lowest BCUT2D eigenvalue weighted by Crippen LogP contribution is -2.35. The average molecular weight is 365 g/mol. The zero-order chi connectivity index (χ0) is 18.4. The highest BCUT2D eigenvalue weighted by Crippen LogP contribution is 2.26. The number of nitrogens with zero attached hydrogens (tertiary/aromatic N) is 1. The summed E-state index contributed by atoms with van der Waals surface area (Å²) in [7, 11) is -4.17. The van der Waals surface area contributed by atoms with E-state index in [0.717, 1.165) is 28.6 Å². The first kappa shape index (κ1) is 18.5. The Bertz CT molecular complexity index is 848. The number of hydrogen-bond donors (Lipinski definition) is 1. The molecule has 0 amide bonds. The van der Waals surface area contributed by atoms with Crippen LogP contribution >= 0.6 is 0 Å². The Hall–Kier alpha value is -2.87. The van der Waals surface area contributed by atoms with Crippen molar-refractivity contribution in [1.29, 1.82) is 0 Å². The van der Waals surface area contributed by atoms with Crippen molar-refractivity contribution < 1.29 is 27.4 Å². The predicted octanol–water partition coefficient (Wildman–Crippen LogP) is 2.67. The molecule has 0 atom stereocenters. The van der Waals surface area contributed by atoms with E-state index in [9.17, 15) is 17.6 Å². The molecule has 0 bridgehead atoms. The second kappa shape index (κ2) is 7.80. The summed E-state index contributed by atoms with van der Waals surface area (Å²) in [5.41, 5.74) is 0.151. The maximum atomic E-state index is 13.0. The number of carbonyl (C=O) groups is 1. The lowest BCUT2D eigenvalue weighted by Gasteiger charge is -2.23. The van der Waals surface area contributed by atoms with Crippen molar-refractivity contribution in [2.24, 2.45) is 0 Å². The molecule has 0 saturated heterocycles. The van der Waals surface area contributed by atoms with Gasteiger partial charge in [0.2, 0.25) is 0 Å². The van der Waals surface area contributed by atoms with E-state index in [1.165, 1.54) is 24.3 Å². The summed E-state index contributed by atoms with van der Waals surface area (Å²) in [5, 5.41) is 9.07. The van der Waals surface area contributed by atoms with E-state index >= 15 is 0 Å². The van der Waals surface area contributed by atoms with Crippen LogP contribution in [0.3, 0.4) is 0 Å². The minimum atomic E-state index is -4.17. The molecule has 1 N–H and O–H groups in total. The van der Waals surface area contributed by atoms with Crippen LogP contribution in [0.25, 0.3) is 0 Å². The van der Waals surface area contributed by atoms with E-state index in [2.05, 4.69) is 6.58 Å². The van der Waals surface area contributed by atoms with E-state index in [4.69, 9.17) is 9.84 Å². The molecule has 0 aliphatic heterocycles. The van der Waals surface area contributed by atoms with Crippen molar-refractivity contribution >= 4 is 21.7 Å². The number of halogens is 1. The number of benzene rings is 2. The van der Waals surface area contributed by atoms with Gasteiger partial charge in [-0.1, -0.05) is 12.7 Å². The molecule has 0 saturated carbocycles. The Kier molecular flexibility index (Phi) is 5.76. The standard InChI is InChI=1S/C17H16FNO5S/c1-2-11-24-15-7-5-14(6-8-15)19(12-17(20)21)25(22,23)16-9-3-13(18)4-10-16/h2-10H,1,11-12H2,(H,20,21). The smallest absolute Gasteiger partial charge is 0.324 e. The van der Waals surface area contributed by atoms with Gasteiger partial charge in [0.05, 0.1) is 10.6 Å². The van der Waals surface area contributed by atoms with Crippen LogP contribution in [0.2, 0.25) is 0 Å². The van der Waals surface area contributed by atoms with Crippen LogP contribution in [0.5, 0.6) is 5.75 Å². The lowest BCUT2D eigenvalue weighted by atomic mass is 10.3. The molecule has 2 rings (SSSR count). The minimum absolute atomic E-state index is 0.151. The zero-order valence-corrected chi connectivity index (χ0v) is 13.9. The van der Waals surface area contributed by atoms with Crippen molar-refractivity contribution in [2.75, 3.05) is 17.5 Å². The van der Waals surface area contributed by atoms with Gasteiger partial charge in [-0.3, -0.25) is 9.10 Å². The van der Waals surface area contributed by atoms with Gasteiger partial charge < -0.3 is 9.84 Å². The summed E-state index contributed by atoms with van der Waals surface area (Å²) in [6.45, 7) is 3.03. The molecular formula is C17H16FNO5S. The Morgan fingerprint density at radius 2 is 1.76 bits per heavy atom. The number of carboxylic acid groups (broad SMARTS) is 1. The highest BCUT2D eigenvalue weighted by Gasteiger charge is 2.27. The van der Waals surface area contributed by atoms with E-state index in [-0.39, 0.29) is 17.2 Å². The van der Waals surface area contributed by atoms with E-state index in [1.54, 1.807) is 6.08 Å². The average Bonchev–Trinajstić information content (AvgIpc) is 2.58. The minimum Gasteiger partial charge on any atom is -0.490 e. The van der Waals surface area contributed by atoms with Crippen molar-refractivity contribution in [2.45, 2.75) is 4.90 Å². The zero-order valence-electron chi connectivity index (χ0n) is 13.1. The summed E-state index contributed by atoms with van der Waals surface area (Å²) in [6, 6.07) is 10.1. The van der Waals surface area contributed by atoms with Crippen LogP contribution in [0.1, 0.15) is 0 Å². The topological polar surface area (TPSA) is 83.9 Å². The number of ether oxygens (including phenoxy) is 1. The molecule has 25 heavy (non-hydrogen) atoms. The van der Waals surface area contributed by atoms with Crippen LogP contribution in [-0.4, -0.2) is 32.6 Å². The molecule has 6 nitrogen and oxygen atoms in total. The fourth-order valence-corrected chi connectivity index (χ4v) is 3.45. The summed E-state index contributed by atoms with van der Waals surface area (Å²) in [6.07, 6.45) is 1.56. The Morgan fingerprint density at radius 3 is 2.28 bits per heavy atom. The third-order valence-corrected chi connectivity index (χ3v) is 4.96. The van der Waals surface area contributed by atoms with Crippen LogP contribution in [-0.2, 0) is 14.8 Å². The molecule has 0 aliphatic carbocycles. The summed E-state index contributed by atoms with van der Waals surface area (Å²) in [5.74, 6) is -1.43. The Morgan fingerprint density at radius 1 is 1.16 bits per heavy atom. The van der Waals surface area contributed by atoms with Gasteiger partial charge in [-0.2, -0.15) is 0 Å². The second-order valence-corrected chi connectivity index (χ2v) is 6.82. The molecule has 2 aromatic carbocycles. The molecule has 2 aromatic rings. The number of aliphatic carboxylic acids is 1. The molecule has 0 fully saturated rings. The van der Waals surface area contributed by atoms with Crippen LogP contribution < -0.4 is 9.04 Å². The second-order valence-electron chi connectivity index (χ2n) is 4.95. The third kappa shape index (κ3) is 4.57. The first-order valence-electron chi connectivity index (χ1n) is 7.18. The van der Waals surface area contributed by atoms with Crippen LogP contribution in [0, 0.1) is 5.82 Å². The van der Waals surface area contributed by atoms with Gasteiger partial charge >= 0.3 is 5.97 Å². The quantitative estimate of drug-likeness (QED) is 0.727. The number of carboxylic acids is 1. The molecule has 8 heteroatoms. The summed E-state index contributed by atoms with van der Waals surface area (Å²) >= 11 is 0. The number of hydrogen-bond acceptors (Lipinski definition) is 4. The number of sulfonamides is 1. The van der Waals surface area contributed by atoms with Gasteiger partial charge in [-0.05, 0) is 48.5 Å². The summed E-state index contributed by atoms with van der Waals surface area (Å²) < 4.78 is 44.5. The van der Waals surface area contributed by atoms with Gasteiger partial charge in [0, 0.05) is 0 Å². The lowest BCUT2D eigenvalue weighted by molar-refractivity contribution is -0.135. The molecule has 132 valence electrons. The maximum Gasteiger partial charge on any atom is 0.324 e. The highest BCUT2D eigenvalue weighted by atomic mass is 32.2. The first-order chi connectivity index (χ1) is 11.8. The monoisotopic (exact) mass is 365 g/mol. The molecule has 0 aliphatic rings. The Labute approximate surface area is 144 Å². The SMILES string of the molecule is C=CCOc1ccc(N(CC(=O)O)S(=O)(=O)c2ccc(F)cc2)cc1. The van der Waals surface area contributed by atoms with Gasteiger partial charge in [-0.25, -0.2) is 12.8 Å². The van der Waals surface area contributed by atoms with Crippen LogP contribution in [0.4, 0.5) is 10.1 Å². The van der Waals surface area contributed by atoms with E-state index in [1.807, 2.05) is 0 Å². The summed E-state index contributed by atoms with van der Waals surface area (Å²) in [4.78, 5) is 10.9. The van der Waals surface area contributed by atoms with Crippen molar-refractivity contribution in [3.05, 3.63) is 67.0 Å². The van der Waals surface area contributed by atoms with Crippen LogP contribution in [0.15, 0.2) is 66.1 Å². The van der Waals surface area contributed by atoms with Crippen molar-refractivity contribution in [3.63, 3.8) is 0 Å². The highest BCUT2D eigenvalue weighted by molar-refractivity contribution is 7.92. The molecular weight excluding hydrogens is 349 g/mol.